The van der Waals surface area contributed by atoms with E-state index in [2.05, 4.69) is 20.6 Å². The molecular weight excluding hydrogens is 703 g/mol. The van der Waals surface area contributed by atoms with E-state index in [1.165, 1.54) is 29.4 Å². The third-order valence-electron chi connectivity index (χ3n) is 8.83. The molecule has 2 aromatic heterocycles. The van der Waals surface area contributed by atoms with Crippen LogP contribution in [0.15, 0.2) is 24.5 Å². The Balaban J connectivity index is 1.29. The third-order valence-corrected chi connectivity index (χ3v) is 8.83. The first-order valence-corrected chi connectivity index (χ1v) is 17.8. The maximum Gasteiger partial charge on any atom is 0.415 e. The minimum Gasteiger partial charge on any atom is -0.474 e. The number of amides is 4. The first-order valence-electron chi connectivity index (χ1n) is 17.8. The molecule has 3 aliphatic rings. The summed E-state index contributed by atoms with van der Waals surface area (Å²) in [6.45, 7) is 18.7. The van der Waals surface area contributed by atoms with Crippen LogP contribution in [0.1, 0.15) is 67.9 Å². The number of anilines is 3. The largest absolute Gasteiger partial charge is 0.474 e. The fourth-order valence-electron chi connectivity index (χ4n) is 6.55. The lowest BCUT2D eigenvalue weighted by molar-refractivity contribution is 0.0244. The van der Waals surface area contributed by atoms with Gasteiger partial charge < -0.3 is 28.6 Å². The first-order chi connectivity index (χ1) is 25.1. The zero-order chi connectivity index (χ0) is 39.5. The molecule has 2 fully saturated rings. The molecule has 0 bridgehead atoms. The molecule has 6 rings (SSSR count). The summed E-state index contributed by atoms with van der Waals surface area (Å²) < 4.78 is 44.7. The van der Waals surface area contributed by atoms with Crippen molar-refractivity contribution in [1.82, 2.24) is 14.9 Å². The number of ether oxygens (including phenoxy) is 5. The highest BCUT2D eigenvalue weighted by Crippen LogP contribution is 2.48. The van der Waals surface area contributed by atoms with Gasteiger partial charge >= 0.3 is 24.4 Å². The summed E-state index contributed by atoms with van der Waals surface area (Å²) in [7, 11) is 0. The SMILES string of the molecule is Cc1c(-c2cc3cc(NC(=O)O[C@@H]4[C@@H]5CN(C(=O)OC(C)(C)C)C[C@@H]54)ncc3c(NC(=O)OC(C)(C)C)c2F)cnc2c1N(C(=O)OC(C)(C)C)CCO2. The molecule has 4 amide bonds. The second kappa shape index (κ2) is 13.8. The van der Waals surface area contributed by atoms with E-state index in [0.717, 1.165) is 0 Å². The summed E-state index contributed by atoms with van der Waals surface area (Å²) >= 11 is 0. The molecule has 1 aliphatic carbocycles. The van der Waals surface area contributed by atoms with Crippen LogP contribution in [0, 0.1) is 24.6 Å². The summed E-state index contributed by atoms with van der Waals surface area (Å²) in [6, 6.07) is 3.06. The van der Waals surface area contributed by atoms with Gasteiger partial charge in [0.2, 0.25) is 5.88 Å². The highest BCUT2D eigenvalue weighted by molar-refractivity contribution is 6.05. The van der Waals surface area contributed by atoms with Gasteiger partial charge in [-0.2, -0.15) is 0 Å². The van der Waals surface area contributed by atoms with E-state index in [4.69, 9.17) is 23.7 Å². The van der Waals surface area contributed by atoms with E-state index < -0.39 is 47.0 Å². The van der Waals surface area contributed by atoms with Crippen molar-refractivity contribution in [3.63, 3.8) is 0 Å². The van der Waals surface area contributed by atoms with Crippen molar-refractivity contribution in [1.29, 1.82) is 0 Å². The number of benzene rings is 1. The van der Waals surface area contributed by atoms with E-state index in [1.54, 1.807) is 74.1 Å². The number of carbonyl (C=O) groups excluding carboxylic acids is 4. The molecule has 2 N–H and O–H groups in total. The maximum absolute atomic E-state index is 16.7. The van der Waals surface area contributed by atoms with Gasteiger partial charge in [-0.1, -0.05) is 0 Å². The fourth-order valence-corrected chi connectivity index (χ4v) is 6.55. The molecule has 1 aromatic carbocycles. The van der Waals surface area contributed by atoms with Gasteiger partial charge in [0.25, 0.3) is 0 Å². The zero-order valence-electron chi connectivity index (χ0n) is 32.2. The van der Waals surface area contributed by atoms with Crippen LogP contribution in [0.4, 0.5) is 40.8 Å². The summed E-state index contributed by atoms with van der Waals surface area (Å²) in [5.74, 6) is -0.497. The van der Waals surface area contributed by atoms with E-state index in [0.29, 0.717) is 35.3 Å². The Hall–Kier alpha value is -5.41. The molecule has 290 valence electrons. The number of nitrogens with zero attached hydrogens (tertiary/aromatic N) is 4. The normalized spacial score (nSPS) is 19.3. The molecule has 1 saturated heterocycles. The number of carbonyl (C=O) groups is 4. The standard InChI is InChI=1S/C38H47FN6O9/c1-19-22(15-41-31-29(19)45(11-12-50-31)35(49)54-38(8,9)10)21-13-20-14-26(40-16-23(20)28(27(21)39)43-33(47)52-36(2,3)4)42-32(46)51-30-24-17-44(18-25(24)30)34(48)53-37(5,6)7/h13-16,24-25,30H,11-12,17-18H2,1-10H3,(H,43,47)(H,40,42,46)/t24-,25+,30-. The third kappa shape index (κ3) is 8.37. The Morgan fingerprint density at radius 1 is 0.815 bits per heavy atom. The van der Waals surface area contributed by atoms with Crippen molar-refractivity contribution < 1.29 is 47.3 Å². The van der Waals surface area contributed by atoms with Crippen LogP contribution < -0.4 is 20.3 Å². The second-order valence-electron chi connectivity index (χ2n) is 16.7. The van der Waals surface area contributed by atoms with Crippen molar-refractivity contribution in [2.45, 2.75) is 92.1 Å². The molecule has 2 aliphatic heterocycles. The van der Waals surface area contributed by atoms with Gasteiger partial charge in [-0.25, -0.2) is 33.5 Å². The number of aromatic nitrogens is 2. The van der Waals surface area contributed by atoms with Crippen molar-refractivity contribution in [3.8, 4) is 17.0 Å². The highest BCUT2D eigenvalue weighted by atomic mass is 19.1. The summed E-state index contributed by atoms with van der Waals surface area (Å²) in [5.41, 5.74) is -1.32. The number of nitrogens with one attached hydrogen (secondary N) is 2. The summed E-state index contributed by atoms with van der Waals surface area (Å²) in [4.78, 5) is 63.4. The van der Waals surface area contributed by atoms with Crippen LogP contribution in [0.3, 0.4) is 0 Å². The van der Waals surface area contributed by atoms with Gasteiger partial charge in [0.15, 0.2) is 5.82 Å². The Bertz CT molecular complexity index is 2010. The maximum atomic E-state index is 16.7. The second-order valence-corrected chi connectivity index (χ2v) is 16.7. The summed E-state index contributed by atoms with van der Waals surface area (Å²) in [6.07, 6.45) is -0.243. The van der Waals surface area contributed by atoms with Gasteiger partial charge in [0.1, 0.15) is 41.0 Å². The van der Waals surface area contributed by atoms with Crippen LogP contribution in [0.5, 0.6) is 5.88 Å². The van der Waals surface area contributed by atoms with E-state index in [1.807, 2.05) is 0 Å². The molecule has 3 aromatic rings. The minimum atomic E-state index is -0.893. The van der Waals surface area contributed by atoms with Gasteiger partial charge in [-0.05, 0) is 92.3 Å². The predicted octanol–water partition coefficient (Wildman–Crippen LogP) is 7.64. The summed E-state index contributed by atoms with van der Waals surface area (Å²) in [5, 5.41) is 5.81. The smallest absolute Gasteiger partial charge is 0.415 e. The molecule has 0 radical (unpaired) electrons. The molecule has 0 spiro atoms. The van der Waals surface area contributed by atoms with Gasteiger partial charge in [0.05, 0.1) is 12.2 Å². The quantitative estimate of drug-likeness (QED) is 0.251. The van der Waals surface area contributed by atoms with Crippen LogP contribution in [0.2, 0.25) is 0 Å². The number of hydrogen-bond donors (Lipinski definition) is 2. The Labute approximate surface area is 312 Å². The lowest BCUT2D eigenvalue weighted by atomic mass is 9.96. The number of halogens is 1. The van der Waals surface area contributed by atoms with Crippen LogP contribution in [0.25, 0.3) is 21.9 Å². The van der Waals surface area contributed by atoms with Crippen LogP contribution in [-0.2, 0) is 18.9 Å². The van der Waals surface area contributed by atoms with Crippen molar-refractivity contribution in [3.05, 3.63) is 35.9 Å². The number of fused-ring (bicyclic) bond motifs is 3. The first kappa shape index (κ1) is 38.3. The predicted molar refractivity (Wildman–Crippen MR) is 197 cm³/mol. The molecule has 54 heavy (non-hydrogen) atoms. The van der Waals surface area contributed by atoms with E-state index >= 15 is 4.39 Å². The molecule has 4 heterocycles. The Morgan fingerprint density at radius 2 is 1.44 bits per heavy atom. The zero-order valence-corrected chi connectivity index (χ0v) is 32.2. The number of likely N-dealkylation sites (tertiary alicyclic amines) is 1. The molecule has 15 nitrogen and oxygen atoms in total. The Kier molecular flexibility index (Phi) is 9.78. The van der Waals surface area contributed by atoms with Crippen LogP contribution in [-0.4, -0.2) is 88.4 Å². The minimum absolute atomic E-state index is 0.00459. The number of rotatable bonds is 4. The molecule has 1 saturated carbocycles. The van der Waals surface area contributed by atoms with Crippen molar-refractivity contribution in [2.75, 3.05) is 41.8 Å². The number of piperidine rings is 1. The van der Waals surface area contributed by atoms with E-state index in [9.17, 15) is 19.2 Å². The van der Waals surface area contributed by atoms with Crippen molar-refractivity contribution >= 4 is 52.3 Å². The van der Waals surface area contributed by atoms with Gasteiger partial charge in [-0.3, -0.25) is 15.5 Å². The Morgan fingerprint density at radius 3 is 2.07 bits per heavy atom. The average Bonchev–Trinajstić information content (AvgIpc) is 3.44. The topological polar surface area (TPSA) is 171 Å². The monoisotopic (exact) mass is 750 g/mol. The average molecular weight is 751 g/mol. The number of hydrogen-bond acceptors (Lipinski definition) is 11. The molecule has 0 unspecified atom stereocenters. The number of pyridine rings is 2. The van der Waals surface area contributed by atoms with Crippen molar-refractivity contribution in [2.24, 2.45) is 11.8 Å². The molecule has 3 atom stereocenters. The van der Waals surface area contributed by atoms with Crippen LogP contribution >= 0.6 is 0 Å². The molecular formula is C38H47FN6O9. The van der Waals surface area contributed by atoms with Gasteiger partial charge in [0, 0.05) is 53.8 Å². The fraction of sp³-hybridized carbons (Fsp3) is 0.526. The lowest BCUT2D eigenvalue weighted by Crippen LogP contribution is -2.42. The molecule has 16 heteroatoms. The van der Waals surface area contributed by atoms with E-state index in [-0.39, 0.29) is 59.4 Å². The van der Waals surface area contributed by atoms with Gasteiger partial charge in [-0.15, -0.1) is 0 Å². The highest BCUT2D eigenvalue weighted by Gasteiger charge is 2.60. The lowest BCUT2D eigenvalue weighted by Gasteiger charge is -2.32.